The minimum atomic E-state index is -1.36. The summed E-state index contributed by atoms with van der Waals surface area (Å²) in [6, 6.07) is 21.7. The summed E-state index contributed by atoms with van der Waals surface area (Å²) < 4.78 is 17.7. The number of carbonyl (C=O) groups excluding carboxylic acids is 3. The number of amides is 2. The van der Waals surface area contributed by atoms with Crippen LogP contribution in [0.5, 0.6) is 5.75 Å². The maximum atomic E-state index is 14.4. The highest BCUT2D eigenvalue weighted by Crippen LogP contribution is 2.50. The first-order chi connectivity index (χ1) is 19.7. The number of fused-ring (bicyclic) bond motifs is 1. The van der Waals surface area contributed by atoms with Crippen molar-refractivity contribution in [2.75, 3.05) is 19.7 Å². The molecule has 2 saturated heterocycles. The summed E-state index contributed by atoms with van der Waals surface area (Å²) in [5.41, 5.74) is -0.684. The lowest BCUT2D eigenvalue weighted by molar-refractivity contribution is -0.173. The minimum Gasteiger partial charge on any atom is -0.467 e. The number of aryl methyl sites for hydroxylation is 1. The lowest BCUT2D eigenvalue weighted by Crippen LogP contribution is -2.68. The SMILES string of the molecule is CC(C)(C)OC[C@]12CC(C(=O)Oc3ccccc3)C(c3ccco3)N1C(=O)CN(CCCCc1ccccc1)C2=O. The Morgan fingerprint density at radius 2 is 1.68 bits per heavy atom. The summed E-state index contributed by atoms with van der Waals surface area (Å²) in [5, 5.41) is 0. The van der Waals surface area contributed by atoms with Crippen LogP contribution in [0.4, 0.5) is 0 Å². The molecular weight excluding hydrogens is 520 g/mol. The number of hydrogen-bond donors (Lipinski definition) is 0. The van der Waals surface area contributed by atoms with E-state index in [4.69, 9.17) is 13.9 Å². The maximum Gasteiger partial charge on any atom is 0.317 e. The summed E-state index contributed by atoms with van der Waals surface area (Å²) in [7, 11) is 0. The van der Waals surface area contributed by atoms with Gasteiger partial charge >= 0.3 is 5.97 Å². The van der Waals surface area contributed by atoms with Gasteiger partial charge in [-0.1, -0.05) is 48.5 Å². The van der Waals surface area contributed by atoms with Crippen LogP contribution in [0.25, 0.3) is 0 Å². The Morgan fingerprint density at radius 3 is 2.34 bits per heavy atom. The lowest BCUT2D eigenvalue weighted by Gasteiger charge is -2.47. The number of nitrogens with zero attached hydrogens (tertiary/aromatic N) is 2. The molecule has 8 nitrogen and oxygen atoms in total. The molecule has 0 radical (unpaired) electrons. The number of para-hydroxylation sites is 1. The third kappa shape index (κ3) is 6.22. The highest BCUT2D eigenvalue weighted by atomic mass is 16.5. The number of esters is 1. The molecule has 0 saturated carbocycles. The zero-order chi connectivity index (χ0) is 29.0. The smallest absolute Gasteiger partial charge is 0.317 e. The minimum absolute atomic E-state index is 0.0338. The molecular formula is C33H38N2O6. The van der Waals surface area contributed by atoms with Crippen LogP contribution >= 0.6 is 0 Å². The van der Waals surface area contributed by atoms with Crippen molar-refractivity contribution in [1.29, 1.82) is 0 Å². The first-order valence-electron chi connectivity index (χ1n) is 14.3. The Balaban J connectivity index is 1.43. The summed E-state index contributed by atoms with van der Waals surface area (Å²) in [4.78, 5) is 45.2. The molecule has 0 aliphatic carbocycles. The van der Waals surface area contributed by atoms with E-state index < -0.39 is 29.1 Å². The van der Waals surface area contributed by atoms with Crippen molar-refractivity contribution in [3.8, 4) is 5.75 Å². The van der Waals surface area contributed by atoms with Gasteiger partial charge in [0.1, 0.15) is 23.1 Å². The quantitative estimate of drug-likeness (QED) is 0.193. The third-order valence-corrected chi connectivity index (χ3v) is 7.79. The summed E-state index contributed by atoms with van der Waals surface area (Å²) in [6.45, 7) is 6.08. The summed E-state index contributed by atoms with van der Waals surface area (Å²) in [6.07, 6.45) is 4.12. The van der Waals surface area contributed by atoms with Crippen LogP contribution in [-0.4, -0.2) is 58.4 Å². The van der Waals surface area contributed by atoms with E-state index in [1.165, 1.54) is 11.8 Å². The van der Waals surface area contributed by atoms with Crippen LogP contribution < -0.4 is 4.74 Å². The predicted molar refractivity (Wildman–Crippen MR) is 153 cm³/mol. The number of carbonyl (C=O) groups is 3. The topological polar surface area (TPSA) is 89.3 Å². The van der Waals surface area contributed by atoms with Crippen LogP contribution in [0.1, 0.15) is 57.4 Å². The van der Waals surface area contributed by atoms with E-state index in [1.807, 2.05) is 45.0 Å². The van der Waals surface area contributed by atoms with Crippen LogP contribution in [0, 0.1) is 5.92 Å². The summed E-state index contributed by atoms with van der Waals surface area (Å²) >= 11 is 0. The van der Waals surface area contributed by atoms with E-state index in [0.29, 0.717) is 18.1 Å². The fourth-order valence-electron chi connectivity index (χ4n) is 5.87. The molecule has 2 unspecified atom stereocenters. The number of benzene rings is 2. The number of unbranched alkanes of at least 4 members (excludes halogenated alkanes) is 1. The normalized spacial score (nSPS) is 22.6. The molecule has 41 heavy (non-hydrogen) atoms. The predicted octanol–water partition coefficient (Wildman–Crippen LogP) is 5.19. The second kappa shape index (κ2) is 11.9. The Kier molecular flexibility index (Phi) is 8.31. The second-order valence-corrected chi connectivity index (χ2v) is 11.9. The largest absolute Gasteiger partial charge is 0.467 e. The van der Waals surface area contributed by atoms with Crippen LogP contribution in [0.2, 0.25) is 0 Å². The molecule has 0 bridgehead atoms. The fourth-order valence-corrected chi connectivity index (χ4v) is 5.87. The van der Waals surface area contributed by atoms with Crippen molar-refractivity contribution in [3.63, 3.8) is 0 Å². The van der Waals surface area contributed by atoms with Gasteiger partial charge in [0.15, 0.2) is 0 Å². The van der Waals surface area contributed by atoms with Gasteiger partial charge in [0.05, 0.1) is 30.9 Å². The fraction of sp³-hybridized carbons (Fsp3) is 0.424. The van der Waals surface area contributed by atoms with Gasteiger partial charge in [-0.05, 0) is 76.3 Å². The average Bonchev–Trinajstić information content (AvgIpc) is 3.61. The van der Waals surface area contributed by atoms with E-state index in [-0.39, 0.29) is 31.4 Å². The highest BCUT2D eigenvalue weighted by molar-refractivity contribution is 6.00. The molecule has 2 aliphatic heterocycles. The van der Waals surface area contributed by atoms with Crippen LogP contribution in [0.3, 0.4) is 0 Å². The first-order valence-corrected chi connectivity index (χ1v) is 14.3. The molecule has 0 spiro atoms. The number of rotatable bonds is 10. The molecule has 2 amide bonds. The second-order valence-electron chi connectivity index (χ2n) is 11.9. The molecule has 2 fully saturated rings. The lowest BCUT2D eigenvalue weighted by atomic mass is 9.88. The van der Waals surface area contributed by atoms with Crippen LogP contribution in [-0.2, 0) is 25.5 Å². The zero-order valence-corrected chi connectivity index (χ0v) is 24.0. The Bertz CT molecular complexity index is 1340. The van der Waals surface area contributed by atoms with Gasteiger partial charge in [0, 0.05) is 6.54 Å². The molecule has 3 heterocycles. The molecule has 2 aromatic carbocycles. The molecule has 3 atom stereocenters. The van der Waals surface area contributed by atoms with Gasteiger partial charge in [-0.15, -0.1) is 0 Å². The van der Waals surface area contributed by atoms with E-state index in [9.17, 15) is 14.4 Å². The van der Waals surface area contributed by atoms with E-state index >= 15 is 0 Å². The van der Waals surface area contributed by atoms with Gasteiger partial charge < -0.3 is 23.7 Å². The molecule has 216 valence electrons. The highest BCUT2D eigenvalue weighted by Gasteiger charge is 2.65. The van der Waals surface area contributed by atoms with Gasteiger partial charge in [-0.3, -0.25) is 14.4 Å². The van der Waals surface area contributed by atoms with Crippen molar-refractivity contribution in [1.82, 2.24) is 9.80 Å². The van der Waals surface area contributed by atoms with Gasteiger partial charge in [-0.25, -0.2) is 0 Å². The van der Waals surface area contributed by atoms with E-state index in [1.54, 1.807) is 46.2 Å². The Hall–Kier alpha value is -3.91. The standard InChI is InChI=1S/C33H38N2O6/c1-32(2,3)40-23-33-21-26(30(37)41-25-16-8-5-9-17-25)29(27-18-12-20-39-27)35(33)28(36)22-34(31(33)38)19-11-10-15-24-13-6-4-7-14-24/h4-9,12-14,16-18,20,26,29H,10-11,15,19,21-23H2,1-3H3/t26?,29?,33-/m0/s1. The first kappa shape index (κ1) is 28.6. The Labute approximate surface area is 241 Å². The molecule has 3 aromatic rings. The van der Waals surface area contributed by atoms with Gasteiger partial charge in [0.2, 0.25) is 5.91 Å². The molecule has 8 heteroatoms. The molecule has 5 rings (SSSR count). The third-order valence-electron chi connectivity index (χ3n) is 7.79. The van der Waals surface area contributed by atoms with E-state index in [0.717, 1.165) is 19.3 Å². The number of furan rings is 1. The average molecular weight is 559 g/mol. The van der Waals surface area contributed by atoms with Crippen molar-refractivity contribution in [2.45, 2.75) is 63.6 Å². The van der Waals surface area contributed by atoms with Crippen molar-refractivity contribution in [3.05, 3.63) is 90.4 Å². The van der Waals surface area contributed by atoms with Crippen molar-refractivity contribution >= 4 is 17.8 Å². The number of piperazine rings is 1. The van der Waals surface area contributed by atoms with Crippen molar-refractivity contribution in [2.24, 2.45) is 5.92 Å². The molecule has 2 aliphatic rings. The number of ether oxygens (including phenoxy) is 2. The maximum absolute atomic E-state index is 14.4. The Morgan fingerprint density at radius 1 is 0.976 bits per heavy atom. The van der Waals surface area contributed by atoms with E-state index in [2.05, 4.69) is 12.1 Å². The summed E-state index contributed by atoms with van der Waals surface area (Å²) in [5.74, 6) is -0.935. The monoisotopic (exact) mass is 558 g/mol. The van der Waals surface area contributed by atoms with Gasteiger partial charge in [-0.2, -0.15) is 0 Å². The van der Waals surface area contributed by atoms with Crippen molar-refractivity contribution < 1.29 is 28.3 Å². The van der Waals surface area contributed by atoms with Gasteiger partial charge in [0.25, 0.3) is 5.91 Å². The molecule has 0 N–H and O–H groups in total. The zero-order valence-electron chi connectivity index (χ0n) is 24.0. The number of hydrogen-bond acceptors (Lipinski definition) is 6. The molecule has 1 aromatic heterocycles. The van der Waals surface area contributed by atoms with Crippen LogP contribution in [0.15, 0.2) is 83.5 Å².